The van der Waals surface area contributed by atoms with Crippen LogP contribution in [0, 0.1) is 0 Å². The van der Waals surface area contributed by atoms with Gasteiger partial charge < -0.3 is 14.9 Å². The van der Waals surface area contributed by atoms with Crippen molar-refractivity contribution in [3.05, 3.63) is 23.3 Å². The summed E-state index contributed by atoms with van der Waals surface area (Å²) in [5.41, 5.74) is 0.224. The average molecular weight is 293 g/mol. The van der Waals surface area contributed by atoms with E-state index in [2.05, 4.69) is 0 Å². The van der Waals surface area contributed by atoms with E-state index < -0.39 is 17.7 Å². The van der Waals surface area contributed by atoms with Crippen LogP contribution in [0.5, 0.6) is 5.75 Å². The van der Waals surface area contributed by atoms with E-state index in [0.717, 1.165) is 0 Å². The molecule has 0 fully saturated rings. The topological polar surface area (TPSA) is 87.1 Å². The maximum atomic E-state index is 12.2. The lowest BCUT2D eigenvalue weighted by molar-refractivity contribution is 0.0577. The normalized spacial score (nSPS) is 14.5. The number of benzene rings is 1. The zero-order valence-electron chi connectivity index (χ0n) is 12.3. The summed E-state index contributed by atoms with van der Waals surface area (Å²) in [5.74, 6) is -1.46. The molecule has 1 amide bonds. The van der Waals surface area contributed by atoms with Gasteiger partial charge in [0.2, 0.25) is 0 Å². The van der Waals surface area contributed by atoms with Crippen molar-refractivity contribution in [1.82, 2.24) is 0 Å². The SMILES string of the molecule is CC(C)(C)OC(=O)N1CCCc2c1ccc(C(=O)O)c2O. The Morgan fingerprint density at radius 2 is 1.95 bits per heavy atom. The average Bonchev–Trinajstić information content (AvgIpc) is 2.36. The molecular weight excluding hydrogens is 274 g/mol. The van der Waals surface area contributed by atoms with Crippen LogP contribution in [0.1, 0.15) is 43.1 Å². The van der Waals surface area contributed by atoms with E-state index in [0.29, 0.717) is 30.6 Å². The number of carbonyl (C=O) groups excluding carboxylic acids is 1. The summed E-state index contributed by atoms with van der Waals surface area (Å²) in [7, 11) is 0. The van der Waals surface area contributed by atoms with Crippen molar-refractivity contribution in [3.63, 3.8) is 0 Å². The quantitative estimate of drug-likeness (QED) is 0.831. The minimum Gasteiger partial charge on any atom is -0.507 e. The molecule has 2 rings (SSSR count). The summed E-state index contributed by atoms with van der Waals surface area (Å²) in [4.78, 5) is 24.7. The van der Waals surface area contributed by atoms with Crippen LogP contribution in [0.2, 0.25) is 0 Å². The third-order valence-corrected chi connectivity index (χ3v) is 3.20. The standard InChI is InChI=1S/C15H19NO5/c1-15(2,3)21-14(20)16-8-4-5-9-11(16)7-6-10(12(9)17)13(18)19/h6-7,17H,4-5,8H2,1-3H3,(H,18,19). The fraction of sp³-hybridized carbons (Fsp3) is 0.467. The van der Waals surface area contributed by atoms with Gasteiger partial charge >= 0.3 is 12.1 Å². The highest BCUT2D eigenvalue weighted by atomic mass is 16.6. The van der Waals surface area contributed by atoms with Gasteiger partial charge in [0.1, 0.15) is 16.9 Å². The Morgan fingerprint density at radius 1 is 1.29 bits per heavy atom. The number of hydrogen-bond acceptors (Lipinski definition) is 4. The lowest BCUT2D eigenvalue weighted by Gasteiger charge is -2.32. The lowest BCUT2D eigenvalue weighted by Crippen LogP contribution is -2.39. The number of hydrogen-bond donors (Lipinski definition) is 2. The first-order chi connectivity index (χ1) is 9.70. The first-order valence-corrected chi connectivity index (χ1v) is 6.79. The lowest BCUT2D eigenvalue weighted by atomic mass is 9.98. The summed E-state index contributed by atoms with van der Waals surface area (Å²) in [6.07, 6.45) is 0.677. The zero-order valence-corrected chi connectivity index (χ0v) is 12.3. The molecule has 0 bridgehead atoms. The van der Waals surface area contributed by atoms with E-state index >= 15 is 0 Å². The van der Waals surface area contributed by atoms with Crippen molar-refractivity contribution in [2.75, 3.05) is 11.4 Å². The van der Waals surface area contributed by atoms with E-state index in [9.17, 15) is 14.7 Å². The van der Waals surface area contributed by atoms with Crippen LogP contribution in [-0.2, 0) is 11.2 Å². The van der Waals surface area contributed by atoms with Crippen LogP contribution in [-0.4, -0.2) is 34.4 Å². The molecule has 1 aliphatic rings. The molecule has 2 N–H and O–H groups in total. The monoisotopic (exact) mass is 293 g/mol. The first-order valence-electron chi connectivity index (χ1n) is 6.79. The van der Waals surface area contributed by atoms with Crippen molar-refractivity contribution in [2.45, 2.75) is 39.2 Å². The molecule has 1 aliphatic heterocycles. The third-order valence-electron chi connectivity index (χ3n) is 3.20. The number of anilines is 1. The second-order valence-electron chi connectivity index (χ2n) is 6.00. The molecule has 1 aromatic carbocycles. The van der Waals surface area contributed by atoms with E-state index in [4.69, 9.17) is 9.84 Å². The Kier molecular flexibility index (Phi) is 3.80. The number of rotatable bonds is 1. The second kappa shape index (κ2) is 5.27. The van der Waals surface area contributed by atoms with E-state index in [1.54, 1.807) is 26.8 Å². The second-order valence-corrected chi connectivity index (χ2v) is 6.00. The largest absolute Gasteiger partial charge is 0.507 e. The smallest absolute Gasteiger partial charge is 0.414 e. The van der Waals surface area contributed by atoms with Gasteiger partial charge in [-0.3, -0.25) is 4.90 Å². The molecular formula is C15H19NO5. The number of phenols is 1. The highest BCUT2D eigenvalue weighted by Crippen LogP contribution is 2.36. The number of carboxylic acids is 1. The van der Waals surface area contributed by atoms with Gasteiger partial charge in [-0.1, -0.05) is 0 Å². The Hall–Kier alpha value is -2.24. The van der Waals surface area contributed by atoms with Crippen LogP contribution >= 0.6 is 0 Å². The van der Waals surface area contributed by atoms with Crippen molar-refractivity contribution in [3.8, 4) is 5.75 Å². The number of aromatic hydroxyl groups is 1. The number of fused-ring (bicyclic) bond motifs is 1. The molecule has 1 heterocycles. The Balaban J connectivity index is 2.39. The molecule has 0 saturated heterocycles. The van der Waals surface area contributed by atoms with Crippen LogP contribution < -0.4 is 4.90 Å². The Morgan fingerprint density at radius 3 is 2.52 bits per heavy atom. The highest BCUT2D eigenvalue weighted by molar-refractivity contribution is 5.95. The molecule has 21 heavy (non-hydrogen) atoms. The molecule has 0 spiro atoms. The van der Waals surface area contributed by atoms with Crippen LogP contribution in [0.3, 0.4) is 0 Å². The number of amides is 1. The summed E-state index contributed by atoms with van der Waals surface area (Å²) in [5, 5.41) is 19.1. The third kappa shape index (κ3) is 3.09. The molecule has 0 saturated carbocycles. The predicted octanol–water partition coefficient (Wildman–Crippen LogP) is 2.78. The minimum atomic E-state index is -1.19. The molecule has 0 radical (unpaired) electrons. The number of aromatic carboxylic acids is 1. The molecule has 6 heteroatoms. The number of carboxylic acid groups (broad SMARTS) is 1. The minimum absolute atomic E-state index is 0.153. The summed E-state index contributed by atoms with van der Waals surface area (Å²) >= 11 is 0. The van der Waals surface area contributed by atoms with Gasteiger partial charge in [0.15, 0.2) is 0 Å². The highest BCUT2D eigenvalue weighted by Gasteiger charge is 2.30. The Bertz CT molecular complexity index is 588. The number of nitrogens with zero attached hydrogens (tertiary/aromatic N) is 1. The summed E-state index contributed by atoms with van der Waals surface area (Å²) in [6, 6.07) is 2.85. The molecule has 0 unspecified atom stereocenters. The molecule has 1 aromatic rings. The summed E-state index contributed by atoms with van der Waals surface area (Å²) in [6.45, 7) is 5.82. The van der Waals surface area contributed by atoms with Gasteiger partial charge in [-0.15, -0.1) is 0 Å². The van der Waals surface area contributed by atoms with Crippen LogP contribution in [0.25, 0.3) is 0 Å². The first kappa shape index (κ1) is 15.2. The molecule has 0 atom stereocenters. The van der Waals surface area contributed by atoms with Gasteiger partial charge in [-0.25, -0.2) is 9.59 Å². The molecule has 0 aliphatic carbocycles. The number of carbonyl (C=O) groups is 2. The van der Waals surface area contributed by atoms with Crippen LogP contribution in [0.15, 0.2) is 12.1 Å². The van der Waals surface area contributed by atoms with E-state index in [-0.39, 0.29) is 11.3 Å². The van der Waals surface area contributed by atoms with E-state index in [1.807, 2.05) is 0 Å². The Labute approximate surface area is 122 Å². The van der Waals surface area contributed by atoms with Gasteiger partial charge in [0, 0.05) is 12.1 Å². The van der Waals surface area contributed by atoms with Crippen molar-refractivity contribution in [1.29, 1.82) is 0 Å². The fourth-order valence-electron chi connectivity index (χ4n) is 2.34. The van der Waals surface area contributed by atoms with Crippen molar-refractivity contribution >= 4 is 17.7 Å². The zero-order chi connectivity index (χ0) is 15.8. The molecule has 0 aromatic heterocycles. The maximum absolute atomic E-state index is 12.2. The van der Waals surface area contributed by atoms with Crippen molar-refractivity contribution < 1.29 is 24.5 Å². The van der Waals surface area contributed by atoms with Crippen LogP contribution in [0.4, 0.5) is 10.5 Å². The fourth-order valence-corrected chi connectivity index (χ4v) is 2.34. The van der Waals surface area contributed by atoms with Gasteiger partial charge in [-0.2, -0.15) is 0 Å². The van der Waals surface area contributed by atoms with Gasteiger partial charge in [0.05, 0.1) is 5.69 Å². The number of ether oxygens (including phenoxy) is 1. The van der Waals surface area contributed by atoms with E-state index in [1.165, 1.54) is 11.0 Å². The van der Waals surface area contributed by atoms with Gasteiger partial charge in [-0.05, 0) is 45.7 Å². The maximum Gasteiger partial charge on any atom is 0.414 e. The van der Waals surface area contributed by atoms with Crippen molar-refractivity contribution in [2.24, 2.45) is 0 Å². The molecule has 114 valence electrons. The molecule has 6 nitrogen and oxygen atoms in total. The summed E-state index contributed by atoms with van der Waals surface area (Å²) < 4.78 is 5.34. The predicted molar refractivity (Wildman–Crippen MR) is 77.0 cm³/mol. The van der Waals surface area contributed by atoms with Gasteiger partial charge in [0.25, 0.3) is 0 Å².